The van der Waals surface area contributed by atoms with Crippen molar-refractivity contribution < 1.29 is 17.9 Å². The highest BCUT2D eigenvalue weighted by atomic mass is 19.3. The monoisotopic (exact) mass is 261 g/mol. The highest BCUT2D eigenvalue weighted by molar-refractivity contribution is 5.37. The molecule has 0 aliphatic heterocycles. The molecule has 0 aliphatic rings. The van der Waals surface area contributed by atoms with Gasteiger partial charge in [-0.3, -0.25) is 0 Å². The summed E-state index contributed by atoms with van der Waals surface area (Å²) in [5.74, 6) is -0.274. The van der Waals surface area contributed by atoms with Gasteiger partial charge in [0.1, 0.15) is 18.2 Å². The van der Waals surface area contributed by atoms with Gasteiger partial charge in [0, 0.05) is 11.6 Å². The molecular weight excluding hydrogens is 243 g/mol. The van der Waals surface area contributed by atoms with Crippen molar-refractivity contribution in [2.75, 3.05) is 13.2 Å². The van der Waals surface area contributed by atoms with Gasteiger partial charge in [0.2, 0.25) is 0 Å². The van der Waals surface area contributed by atoms with E-state index in [4.69, 9.17) is 4.74 Å². The molecule has 102 valence electrons. The van der Waals surface area contributed by atoms with Gasteiger partial charge in [-0.1, -0.05) is 13.0 Å². The van der Waals surface area contributed by atoms with E-state index in [-0.39, 0.29) is 11.8 Å². The predicted molar refractivity (Wildman–Crippen MR) is 64.6 cm³/mol. The molecule has 2 nitrogen and oxygen atoms in total. The highest BCUT2D eigenvalue weighted by Gasteiger charge is 2.17. The summed E-state index contributed by atoms with van der Waals surface area (Å²) in [7, 11) is 0. The third-order valence-electron chi connectivity index (χ3n) is 2.51. The number of hydrogen-bond acceptors (Lipinski definition) is 2. The van der Waals surface area contributed by atoms with Crippen LogP contribution in [0.5, 0.6) is 5.75 Å². The van der Waals surface area contributed by atoms with Crippen molar-refractivity contribution in [2.24, 2.45) is 0 Å². The Hall–Kier alpha value is -1.23. The standard InChI is InChI=1S/C13H18F3NO/c1-3-7-17-9(2)13-10(14)5-4-6-11(13)18-8-12(15)16/h4-6,9,12,17H,3,7-8H2,1-2H3. The van der Waals surface area contributed by atoms with E-state index >= 15 is 0 Å². The maximum absolute atomic E-state index is 13.7. The van der Waals surface area contributed by atoms with Gasteiger partial charge in [-0.05, 0) is 32.0 Å². The van der Waals surface area contributed by atoms with Gasteiger partial charge in [-0.15, -0.1) is 0 Å². The van der Waals surface area contributed by atoms with Gasteiger partial charge < -0.3 is 10.1 Å². The highest BCUT2D eigenvalue weighted by Crippen LogP contribution is 2.28. The van der Waals surface area contributed by atoms with Gasteiger partial charge in [0.15, 0.2) is 0 Å². The third kappa shape index (κ3) is 4.22. The minimum absolute atomic E-state index is 0.173. The summed E-state index contributed by atoms with van der Waals surface area (Å²) in [5.41, 5.74) is 0.298. The predicted octanol–water partition coefficient (Wildman–Crippen LogP) is 3.53. The summed E-state index contributed by atoms with van der Waals surface area (Å²) in [6.07, 6.45) is -1.66. The van der Waals surface area contributed by atoms with Crippen LogP contribution >= 0.6 is 0 Å². The maximum Gasteiger partial charge on any atom is 0.272 e. The summed E-state index contributed by atoms with van der Waals surface area (Å²) in [6, 6.07) is 3.98. The minimum atomic E-state index is -2.57. The lowest BCUT2D eigenvalue weighted by molar-refractivity contribution is 0.0809. The molecule has 1 rings (SSSR count). The van der Waals surface area contributed by atoms with Crippen LogP contribution < -0.4 is 10.1 Å². The fraction of sp³-hybridized carbons (Fsp3) is 0.538. The van der Waals surface area contributed by atoms with Crippen molar-refractivity contribution >= 4 is 0 Å². The first-order valence-corrected chi connectivity index (χ1v) is 5.99. The first-order valence-electron chi connectivity index (χ1n) is 5.99. The molecule has 0 heterocycles. The molecule has 1 aromatic carbocycles. The molecule has 0 saturated heterocycles. The van der Waals surface area contributed by atoms with E-state index in [0.717, 1.165) is 13.0 Å². The molecule has 0 spiro atoms. The van der Waals surface area contributed by atoms with Gasteiger partial charge in [-0.2, -0.15) is 0 Å². The quantitative estimate of drug-likeness (QED) is 0.810. The average Bonchev–Trinajstić information content (AvgIpc) is 2.33. The molecule has 0 saturated carbocycles. The summed E-state index contributed by atoms with van der Waals surface area (Å²) in [5, 5.41) is 3.11. The Morgan fingerprint density at radius 2 is 2.06 bits per heavy atom. The SMILES string of the molecule is CCCNC(C)c1c(F)cccc1OCC(F)F. The van der Waals surface area contributed by atoms with Crippen LogP contribution in [0.4, 0.5) is 13.2 Å². The van der Waals surface area contributed by atoms with E-state index in [0.29, 0.717) is 5.56 Å². The number of halogens is 3. The minimum Gasteiger partial charge on any atom is -0.487 e. The van der Waals surface area contributed by atoms with E-state index in [2.05, 4.69) is 5.32 Å². The van der Waals surface area contributed by atoms with Crippen LogP contribution in [0.3, 0.4) is 0 Å². The van der Waals surface area contributed by atoms with Crippen LogP contribution in [-0.2, 0) is 0 Å². The zero-order valence-electron chi connectivity index (χ0n) is 10.6. The second-order valence-electron chi connectivity index (χ2n) is 4.03. The van der Waals surface area contributed by atoms with E-state index in [9.17, 15) is 13.2 Å². The van der Waals surface area contributed by atoms with E-state index < -0.39 is 18.8 Å². The number of ether oxygens (including phenoxy) is 1. The topological polar surface area (TPSA) is 21.3 Å². The third-order valence-corrected chi connectivity index (χ3v) is 2.51. The zero-order valence-corrected chi connectivity index (χ0v) is 10.6. The molecule has 0 aliphatic carbocycles. The Morgan fingerprint density at radius 3 is 2.67 bits per heavy atom. The maximum atomic E-state index is 13.7. The first kappa shape index (κ1) is 14.8. The number of rotatable bonds is 7. The summed E-state index contributed by atoms with van der Waals surface area (Å²) < 4.78 is 42.9. The molecule has 0 amide bonds. The molecule has 0 fully saturated rings. The Balaban J connectivity index is 2.85. The fourth-order valence-electron chi connectivity index (χ4n) is 1.68. The van der Waals surface area contributed by atoms with Crippen molar-refractivity contribution in [3.05, 3.63) is 29.6 Å². The lowest BCUT2D eigenvalue weighted by Crippen LogP contribution is -2.21. The van der Waals surface area contributed by atoms with E-state index in [1.807, 2.05) is 6.92 Å². The number of alkyl halides is 2. The molecule has 1 N–H and O–H groups in total. The van der Waals surface area contributed by atoms with Crippen LogP contribution in [-0.4, -0.2) is 19.6 Å². The summed E-state index contributed by atoms with van der Waals surface area (Å²) in [6.45, 7) is 3.78. The molecule has 0 radical (unpaired) electrons. The molecule has 1 unspecified atom stereocenters. The van der Waals surface area contributed by atoms with Crippen LogP contribution in [0.2, 0.25) is 0 Å². The second-order valence-corrected chi connectivity index (χ2v) is 4.03. The van der Waals surface area contributed by atoms with Gasteiger partial charge in [-0.25, -0.2) is 13.2 Å². The zero-order chi connectivity index (χ0) is 13.5. The van der Waals surface area contributed by atoms with Crippen LogP contribution in [0.1, 0.15) is 31.9 Å². The summed E-state index contributed by atoms with van der Waals surface area (Å²) in [4.78, 5) is 0. The van der Waals surface area contributed by atoms with E-state index in [1.54, 1.807) is 6.92 Å². The van der Waals surface area contributed by atoms with Crippen LogP contribution in [0.15, 0.2) is 18.2 Å². The molecule has 1 atom stereocenters. The molecule has 0 bridgehead atoms. The molecule has 18 heavy (non-hydrogen) atoms. The Bertz CT molecular complexity index is 371. The van der Waals surface area contributed by atoms with Crippen molar-refractivity contribution in [1.29, 1.82) is 0 Å². The molecule has 5 heteroatoms. The second kappa shape index (κ2) is 7.26. The Kier molecular flexibility index (Phi) is 5.98. The molecule has 1 aromatic rings. The Morgan fingerprint density at radius 1 is 1.33 bits per heavy atom. The smallest absolute Gasteiger partial charge is 0.272 e. The van der Waals surface area contributed by atoms with Crippen molar-refractivity contribution in [2.45, 2.75) is 32.7 Å². The van der Waals surface area contributed by atoms with Crippen molar-refractivity contribution in [1.82, 2.24) is 5.32 Å². The first-order chi connectivity index (χ1) is 8.56. The average molecular weight is 261 g/mol. The lowest BCUT2D eigenvalue weighted by Gasteiger charge is -2.18. The Labute approximate surface area is 105 Å². The van der Waals surface area contributed by atoms with E-state index in [1.165, 1.54) is 18.2 Å². The normalized spacial score (nSPS) is 12.8. The van der Waals surface area contributed by atoms with Crippen LogP contribution in [0, 0.1) is 5.82 Å². The van der Waals surface area contributed by atoms with Crippen molar-refractivity contribution in [3.63, 3.8) is 0 Å². The number of hydrogen-bond donors (Lipinski definition) is 1. The van der Waals surface area contributed by atoms with Crippen LogP contribution in [0.25, 0.3) is 0 Å². The molecule has 0 aromatic heterocycles. The number of nitrogens with one attached hydrogen (secondary N) is 1. The fourth-order valence-corrected chi connectivity index (χ4v) is 1.68. The van der Waals surface area contributed by atoms with Crippen molar-refractivity contribution in [3.8, 4) is 5.75 Å². The van der Waals surface area contributed by atoms with Gasteiger partial charge in [0.25, 0.3) is 6.43 Å². The van der Waals surface area contributed by atoms with Gasteiger partial charge in [0.05, 0.1) is 0 Å². The molecular formula is C13H18F3NO. The lowest BCUT2D eigenvalue weighted by atomic mass is 10.1. The van der Waals surface area contributed by atoms with Gasteiger partial charge >= 0.3 is 0 Å². The largest absolute Gasteiger partial charge is 0.487 e. The summed E-state index contributed by atoms with van der Waals surface area (Å²) >= 11 is 0. The number of benzene rings is 1.